The first-order chi connectivity index (χ1) is 8.08. The van der Waals surface area contributed by atoms with Crippen LogP contribution in [0.15, 0.2) is 34.9 Å². The average Bonchev–Trinajstić information content (AvgIpc) is 2.70. The van der Waals surface area contributed by atoms with Gasteiger partial charge < -0.3 is 15.5 Å². The van der Waals surface area contributed by atoms with Crippen LogP contribution in [0.4, 0.5) is 11.4 Å². The minimum Gasteiger partial charge on any atom is -0.452 e. The van der Waals surface area contributed by atoms with E-state index in [9.17, 15) is 4.79 Å². The number of nitrogen functional groups attached to an aromatic ring is 1. The molecule has 1 amide bonds. The van der Waals surface area contributed by atoms with Crippen LogP contribution in [0, 0.1) is 6.92 Å². The third-order valence-electron chi connectivity index (χ3n) is 2.40. The normalized spacial score (nSPS) is 10.2. The highest BCUT2D eigenvalue weighted by molar-refractivity contribution is 6.32. The number of carbonyl (C=O) groups excluding carboxylic acids is 1. The zero-order chi connectivity index (χ0) is 12.4. The Kier molecular flexibility index (Phi) is 3.06. The molecule has 0 fully saturated rings. The number of aryl methyl sites for hydroxylation is 1. The van der Waals surface area contributed by atoms with Gasteiger partial charge in [-0.3, -0.25) is 4.79 Å². The van der Waals surface area contributed by atoms with E-state index in [4.69, 9.17) is 21.8 Å². The summed E-state index contributed by atoms with van der Waals surface area (Å²) in [6.45, 7) is 1.90. The van der Waals surface area contributed by atoms with Gasteiger partial charge in [0.2, 0.25) is 5.22 Å². The Bertz CT molecular complexity index is 563. The van der Waals surface area contributed by atoms with Crippen LogP contribution >= 0.6 is 11.6 Å². The number of amides is 1. The van der Waals surface area contributed by atoms with Crippen molar-refractivity contribution in [2.24, 2.45) is 0 Å². The highest BCUT2D eigenvalue weighted by Gasteiger charge is 2.13. The minimum atomic E-state index is -0.327. The number of hydrogen-bond donors (Lipinski definition) is 2. The van der Waals surface area contributed by atoms with Crippen molar-refractivity contribution in [3.63, 3.8) is 0 Å². The summed E-state index contributed by atoms with van der Waals surface area (Å²) in [5, 5.41) is 2.76. The Morgan fingerprint density at radius 1 is 1.41 bits per heavy atom. The predicted octanol–water partition coefficient (Wildman–Crippen LogP) is 3.08. The molecule has 0 aliphatic heterocycles. The Labute approximate surface area is 103 Å². The number of rotatable bonds is 2. The first kappa shape index (κ1) is 11.5. The summed E-state index contributed by atoms with van der Waals surface area (Å²) < 4.78 is 4.85. The summed E-state index contributed by atoms with van der Waals surface area (Å²) >= 11 is 5.71. The lowest BCUT2D eigenvalue weighted by Gasteiger charge is -2.06. The number of carbonyl (C=O) groups is 1. The van der Waals surface area contributed by atoms with Crippen LogP contribution in [0.3, 0.4) is 0 Å². The molecule has 0 saturated heterocycles. The Hall–Kier alpha value is -1.94. The van der Waals surface area contributed by atoms with Gasteiger partial charge in [0.05, 0.1) is 11.8 Å². The maximum atomic E-state index is 11.8. The van der Waals surface area contributed by atoms with Gasteiger partial charge >= 0.3 is 0 Å². The van der Waals surface area contributed by atoms with Crippen molar-refractivity contribution in [3.8, 4) is 0 Å². The second-order valence-electron chi connectivity index (χ2n) is 3.63. The zero-order valence-corrected chi connectivity index (χ0v) is 9.91. The molecule has 1 aromatic heterocycles. The fourth-order valence-electron chi connectivity index (χ4n) is 1.37. The minimum absolute atomic E-state index is 0.0718. The molecule has 0 spiro atoms. The molecule has 4 nitrogen and oxygen atoms in total. The van der Waals surface area contributed by atoms with Crippen LogP contribution in [0.1, 0.15) is 15.9 Å². The number of nitrogens with one attached hydrogen (secondary N) is 1. The van der Waals surface area contributed by atoms with E-state index in [2.05, 4.69) is 5.32 Å². The second-order valence-corrected chi connectivity index (χ2v) is 3.98. The van der Waals surface area contributed by atoms with Crippen LogP contribution < -0.4 is 11.1 Å². The van der Waals surface area contributed by atoms with Gasteiger partial charge in [-0.2, -0.15) is 0 Å². The van der Waals surface area contributed by atoms with E-state index in [-0.39, 0.29) is 11.1 Å². The molecule has 17 heavy (non-hydrogen) atoms. The summed E-state index contributed by atoms with van der Waals surface area (Å²) in [5.41, 5.74) is 8.26. The maximum absolute atomic E-state index is 11.8. The fraction of sp³-hybridized carbons (Fsp3) is 0.0833. The van der Waals surface area contributed by atoms with E-state index >= 15 is 0 Å². The van der Waals surface area contributed by atoms with Gasteiger partial charge in [-0.05, 0) is 42.3 Å². The molecular weight excluding hydrogens is 240 g/mol. The van der Waals surface area contributed by atoms with Gasteiger partial charge in [0.25, 0.3) is 5.91 Å². The molecule has 0 unspecified atom stereocenters. The molecule has 1 heterocycles. The van der Waals surface area contributed by atoms with Crippen molar-refractivity contribution in [1.82, 2.24) is 0 Å². The van der Waals surface area contributed by atoms with E-state index in [0.29, 0.717) is 16.9 Å². The Morgan fingerprint density at radius 2 is 2.18 bits per heavy atom. The number of nitrogens with two attached hydrogens (primary N) is 1. The summed E-state index contributed by atoms with van der Waals surface area (Å²) in [5.74, 6) is -0.327. The van der Waals surface area contributed by atoms with Crippen molar-refractivity contribution in [3.05, 3.63) is 46.9 Å². The van der Waals surface area contributed by atoms with Gasteiger partial charge in [-0.15, -0.1) is 0 Å². The number of anilines is 2. The summed E-state index contributed by atoms with van der Waals surface area (Å²) in [6, 6.07) is 6.82. The molecular formula is C12H11ClN2O2. The van der Waals surface area contributed by atoms with Crippen LogP contribution in [0.5, 0.6) is 0 Å². The summed E-state index contributed by atoms with van der Waals surface area (Å²) in [7, 11) is 0. The molecule has 0 bridgehead atoms. The molecule has 88 valence electrons. The summed E-state index contributed by atoms with van der Waals surface area (Å²) in [6.07, 6.45) is 1.36. The molecule has 5 heteroatoms. The molecule has 0 saturated carbocycles. The number of benzene rings is 1. The van der Waals surface area contributed by atoms with E-state index < -0.39 is 0 Å². The molecule has 2 aromatic rings. The van der Waals surface area contributed by atoms with Gasteiger partial charge in [0.15, 0.2) is 0 Å². The van der Waals surface area contributed by atoms with Crippen molar-refractivity contribution >= 4 is 28.9 Å². The third-order valence-corrected chi connectivity index (χ3v) is 2.69. The van der Waals surface area contributed by atoms with Gasteiger partial charge in [-0.1, -0.05) is 6.07 Å². The largest absolute Gasteiger partial charge is 0.452 e. The molecule has 0 aliphatic rings. The second kappa shape index (κ2) is 4.51. The van der Waals surface area contributed by atoms with Gasteiger partial charge in [-0.25, -0.2) is 0 Å². The zero-order valence-electron chi connectivity index (χ0n) is 9.16. The molecule has 1 aromatic carbocycles. The van der Waals surface area contributed by atoms with Crippen molar-refractivity contribution in [2.75, 3.05) is 11.1 Å². The van der Waals surface area contributed by atoms with Gasteiger partial charge in [0.1, 0.15) is 0 Å². The SMILES string of the molecule is Cc1ccc(NC(=O)c2ccoc2Cl)cc1N. The number of halogens is 1. The lowest BCUT2D eigenvalue weighted by molar-refractivity contribution is 0.102. The third kappa shape index (κ3) is 2.42. The molecule has 0 aliphatic carbocycles. The average molecular weight is 251 g/mol. The molecule has 0 radical (unpaired) electrons. The van der Waals surface area contributed by atoms with E-state index in [1.807, 2.05) is 13.0 Å². The maximum Gasteiger partial charge on any atom is 0.260 e. The van der Waals surface area contributed by atoms with Crippen molar-refractivity contribution in [1.29, 1.82) is 0 Å². The predicted molar refractivity (Wildman–Crippen MR) is 67.3 cm³/mol. The monoisotopic (exact) mass is 250 g/mol. The van der Waals surface area contributed by atoms with Crippen molar-refractivity contribution < 1.29 is 9.21 Å². The Balaban J connectivity index is 2.19. The first-order valence-electron chi connectivity index (χ1n) is 4.98. The molecule has 2 rings (SSSR count). The number of hydrogen-bond acceptors (Lipinski definition) is 3. The Morgan fingerprint density at radius 3 is 2.76 bits per heavy atom. The molecule has 3 N–H and O–H groups in total. The topological polar surface area (TPSA) is 68.3 Å². The van der Waals surface area contributed by atoms with Crippen LogP contribution in [-0.4, -0.2) is 5.91 Å². The van der Waals surface area contributed by atoms with E-state index in [0.717, 1.165) is 5.56 Å². The van der Waals surface area contributed by atoms with E-state index in [1.54, 1.807) is 12.1 Å². The van der Waals surface area contributed by atoms with Crippen LogP contribution in [-0.2, 0) is 0 Å². The highest BCUT2D eigenvalue weighted by Crippen LogP contribution is 2.20. The van der Waals surface area contributed by atoms with Crippen molar-refractivity contribution in [2.45, 2.75) is 6.92 Å². The van der Waals surface area contributed by atoms with E-state index in [1.165, 1.54) is 12.3 Å². The van der Waals surface area contributed by atoms with Crippen LogP contribution in [0.2, 0.25) is 5.22 Å². The first-order valence-corrected chi connectivity index (χ1v) is 5.36. The molecule has 0 atom stereocenters. The standard InChI is InChI=1S/C12H11ClN2O2/c1-7-2-3-8(6-10(7)14)15-12(16)9-4-5-17-11(9)13/h2-6H,14H2,1H3,(H,15,16). The number of furan rings is 1. The lowest BCUT2D eigenvalue weighted by Crippen LogP contribution is -2.11. The summed E-state index contributed by atoms with van der Waals surface area (Å²) in [4.78, 5) is 11.8. The van der Waals surface area contributed by atoms with Crippen LogP contribution in [0.25, 0.3) is 0 Å². The lowest BCUT2D eigenvalue weighted by atomic mass is 10.2. The quantitative estimate of drug-likeness (QED) is 0.805. The van der Waals surface area contributed by atoms with Gasteiger partial charge in [0, 0.05) is 11.4 Å². The highest BCUT2D eigenvalue weighted by atomic mass is 35.5. The smallest absolute Gasteiger partial charge is 0.260 e. The fourth-order valence-corrected chi connectivity index (χ4v) is 1.57.